The lowest BCUT2D eigenvalue weighted by molar-refractivity contribution is -0.123. The molecule has 2 N–H and O–H groups in total. The molecule has 0 aliphatic rings. The van der Waals surface area contributed by atoms with E-state index < -0.39 is 5.54 Å². The second-order valence-corrected chi connectivity index (χ2v) is 3.14. The highest BCUT2D eigenvalue weighted by atomic mass is 16.5. The Kier molecular flexibility index (Phi) is 3.53. The van der Waals surface area contributed by atoms with E-state index in [1.54, 1.807) is 0 Å². The first-order valence-electron chi connectivity index (χ1n) is 3.25. The lowest BCUT2D eigenvalue weighted by Gasteiger charge is -2.16. The smallest absolute Gasteiger partial charge is 0.160 e. The van der Waals surface area contributed by atoms with Crippen molar-refractivity contribution in [2.45, 2.75) is 25.8 Å². The van der Waals surface area contributed by atoms with E-state index in [0.717, 1.165) is 0 Å². The summed E-state index contributed by atoms with van der Waals surface area (Å²) >= 11 is 0. The van der Waals surface area contributed by atoms with E-state index in [1.165, 1.54) is 7.11 Å². The van der Waals surface area contributed by atoms with Crippen LogP contribution in [0.1, 0.15) is 20.3 Å². The first-order chi connectivity index (χ1) is 4.45. The van der Waals surface area contributed by atoms with Crippen molar-refractivity contribution in [3.05, 3.63) is 0 Å². The zero-order valence-corrected chi connectivity index (χ0v) is 6.81. The maximum Gasteiger partial charge on any atom is 0.160 e. The van der Waals surface area contributed by atoms with Crippen molar-refractivity contribution in [2.24, 2.45) is 5.73 Å². The van der Waals surface area contributed by atoms with Crippen molar-refractivity contribution < 1.29 is 9.53 Å². The lowest BCUT2D eigenvalue weighted by atomic mass is 10.00. The number of ketones is 1. The van der Waals surface area contributed by atoms with Gasteiger partial charge in [0.15, 0.2) is 5.78 Å². The van der Waals surface area contributed by atoms with E-state index in [-0.39, 0.29) is 12.4 Å². The van der Waals surface area contributed by atoms with E-state index in [9.17, 15) is 4.79 Å². The van der Waals surface area contributed by atoms with Gasteiger partial charge in [0.2, 0.25) is 0 Å². The van der Waals surface area contributed by atoms with Crippen LogP contribution < -0.4 is 5.73 Å². The molecule has 0 aromatic carbocycles. The lowest BCUT2D eigenvalue weighted by Crippen LogP contribution is -2.35. The van der Waals surface area contributed by atoms with Gasteiger partial charge in [-0.3, -0.25) is 4.79 Å². The van der Waals surface area contributed by atoms with Crippen LogP contribution in [0, 0.1) is 0 Å². The molecule has 0 aromatic heterocycles. The molecule has 0 spiro atoms. The Bertz CT molecular complexity index is 115. The zero-order valence-electron chi connectivity index (χ0n) is 6.81. The maximum absolute atomic E-state index is 10.9. The van der Waals surface area contributed by atoms with Crippen LogP contribution in [0.5, 0.6) is 0 Å². The van der Waals surface area contributed by atoms with Crippen molar-refractivity contribution in [2.75, 3.05) is 13.7 Å². The summed E-state index contributed by atoms with van der Waals surface area (Å²) in [7, 11) is 1.50. The van der Waals surface area contributed by atoms with E-state index in [4.69, 9.17) is 5.73 Å². The second kappa shape index (κ2) is 3.68. The summed E-state index contributed by atoms with van der Waals surface area (Å²) in [4.78, 5) is 10.9. The number of rotatable bonds is 4. The Labute approximate surface area is 61.5 Å². The van der Waals surface area contributed by atoms with Crippen LogP contribution in [0.3, 0.4) is 0 Å². The SMILES string of the molecule is COCC(=O)CC(C)(C)N. The highest BCUT2D eigenvalue weighted by molar-refractivity contribution is 5.80. The minimum Gasteiger partial charge on any atom is -0.377 e. The number of Topliss-reactive ketones (excluding diaryl/α,β-unsaturated/α-hetero) is 1. The highest BCUT2D eigenvalue weighted by Crippen LogP contribution is 2.03. The summed E-state index contributed by atoms with van der Waals surface area (Å²) in [6, 6.07) is 0. The first kappa shape index (κ1) is 9.59. The second-order valence-electron chi connectivity index (χ2n) is 3.14. The summed E-state index contributed by atoms with van der Waals surface area (Å²) in [6.45, 7) is 3.81. The zero-order chi connectivity index (χ0) is 8.20. The monoisotopic (exact) mass is 145 g/mol. The molecule has 0 rings (SSSR count). The summed E-state index contributed by atoms with van der Waals surface area (Å²) in [5, 5.41) is 0. The molecule has 0 amide bonds. The predicted octanol–water partition coefficient (Wildman–Crippen LogP) is 0.329. The molecule has 0 aliphatic heterocycles. The van der Waals surface area contributed by atoms with Crippen LogP contribution in [0.2, 0.25) is 0 Å². The van der Waals surface area contributed by atoms with Gasteiger partial charge in [-0.05, 0) is 13.8 Å². The number of carbonyl (C=O) groups is 1. The molecular weight excluding hydrogens is 130 g/mol. The van der Waals surface area contributed by atoms with E-state index in [0.29, 0.717) is 6.42 Å². The standard InChI is InChI=1S/C7H15NO2/c1-7(2,8)4-6(9)5-10-3/h4-5,8H2,1-3H3. The van der Waals surface area contributed by atoms with Crippen LogP contribution >= 0.6 is 0 Å². The summed E-state index contributed by atoms with van der Waals surface area (Å²) in [5.74, 6) is 0.0509. The van der Waals surface area contributed by atoms with Crippen molar-refractivity contribution in [3.8, 4) is 0 Å². The van der Waals surface area contributed by atoms with E-state index in [2.05, 4.69) is 4.74 Å². The molecule has 60 valence electrons. The van der Waals surface area contributed by atoms with Gasteiger partial charge in [0.25, 0.3) is 0 Å². The molecule has 3 nitrogen and oxygen atoms in total. The Morgan fingerprint density at radius 3 is 2.40 bits per heavy atom. The Morgan fingerprint density at radius 2 is 2.10 bits per heavy atom. The molecule has 0 heterocycles. The van der Waals surface area contributed by atoms with Crippen molar-refractivity contribution in [1.29, 1.82) is 0 Å². The van der Waals surface area contributed by atoms with Crippen LogP contribution in [-0.2, 0) is 9.53 Å². The third-order valence-corrected chi connectivity index (χ3v) is 0.958. The summed E-state index contributed by atoms with van der Waals surface area (Å²) in [6.07, 6.45) is 0.376. The molecule has 0 atom stereocenters. The number of methoxy groups -OCH3 is 1. The molecule has 3 heteroatoms. The third kappa shape index (κ3) is 5.72. The molecule has 0 fully saturated rings. The topological polar surface area (TPSA) is 52.3 Å². The van der Waals surface area contributed by atoms with Gasteiger partial charge in [-0.2, -0.15) is 0 Å². The number of hydrogen-bond donors (Lipinski definition) is 1. The summed E-state index contributed by atoms with van der Waals surface area (Å²) < 4.78 is 4.64. The van der Waals surface area contributed by atoms with Gasteiger partial charge in [-0.15, -0.1) is 0 Å². The van der Waals surface area contributed by atoms with Crippen LogP contribution in [0.25, 0.3) is 0 Å². The van der Waals surface area contributed by atoms with Crippen LogP contribution in [-0.4, -0.2) is 25.0 Å². The molecule has 0 saturated carbocycles. The minimum atomic E-state index is -0.407. The summed E-state index contributed by atoms with van der Waals surface area (Å²) in [5.41, 5.74) is 5.18. The van der Waals surface area contributed by atoms with Gasteiger partial charge in [-0.1, -0.05) is 0 Å². The predicted molar refractivity (Wildman–Crippen MR) is 39.8 cm³/mol. The third-order valence-electron chi connectivity index (χ3n) is 0.958. The Balaban J connectivity index is 3.58. The van der Waals surface area contributed by atoms with Crippen LogP contribution in [0.4, 0.5) is 0 Å². The van der Waals surface area contributed by atoms with Gasteiger partial charge < -0.3 is 10.5 Å². The fraction of sp³-hybridized carbons (Fsp3) is 0.857. The maximum atomic E-state index is 10.9. The van der Waals surface area contributed by atoms with Crippen molar-refractivity contribution in [1.82, 2.24) is 0 Å². The number of hydrogen-bond acceptors (Lipinski definition) is 3. The average molecular weight is 145 g/mol. The van der Waals surface area contributed by atoms with E-state index in [1.807, 2.05) is 13.8 Å². The molecular formula is C7H15NO2. The fourth-order valence-corrected chi connectivity index (χ4v) is 0.720. The van der Waals surface area contributed by atoms with E-state index >= 15 is 0 Å². The van der Waals surface area contributed by atoms with Crippen LogP contribution in [0.15, 0.2) is 0 Å². The number of nitrogens with two attached hydrogens (primary N) is 1. The van der Waals surface area contributed by atoms with Crippen molar-refractivity contribution in [3.63, 3.8) is 0 Å². The van der Waals surface area contributed by atoms with Gasteiger partial charge in [0.05, 0.1) is 0 Å². The van der Waals surface area contributed by atoms with Gasteiger partial charge >= 0.3 is 0 Å². The molecule has 0 unspecified atom stereocenters. The normalized spacial score (nSPS) is 11.6. The Hall–Kier alpha value is -0.410. The molecule has 0 bridgehead atoms. The minimum absolute atomic E-state index is 0.0509. The first-order valence-corrected chi connectivity index (χ1v) is 3.25. The average Bonchev–Trinajstić information content (AvgIpc) is 1.59. The molecule has 10 heavy (non-hydrogen) atoms. The fourth-order valence-electron chi connectivity index (χ4n) is 0.720. The molecule has 0 aliphatic carbocycles. The quantitative estimate of drug-likeness (QED) is 0.620. The van der Waals surface area contributed by atoms with Gasteiger partial charge in [-0.25, -0.2) is 0 Å². The van der Waals surface area contributed by atoms with Crippen molar-refractivity contribution >= 4 is 5.78 Å². The molecule has 0 aromatic rings. The Morgan fingerprint density at radius 1 is 1.60 bits per heavy atom. The van der Waals surface area contributed by atoms with Gasteiger partial charge in [0, 0.05) is 19.1 Å². The molecule has 0 saturated heterocycles. The number of ether oxygens (including phenoxy) is 1. The largest absolute Gasteiger partial charge is 0.377 e. The highest BCUT2D eigenvalue weighted by Gasteiger charge is 2.15. The molecule has 0 radical (unpaired) electrons. The van der Waals surface area contributed by atoms with Gasteiger partial charge in [0.1, 0.15) is 6.61 Å². The number of carbonyl (C=O) groups excluding carboxylic acids is 1.